The van der Waals surface area contributed by atoms with Crippen LogP contribution in [-0.4, -0.2) is 90.3 Å². The zero-order valence-electron chi connectivity index (χ0n) is 23.4. The van der Waals surface area contributed by atoms with Crippen molar-refractivity contribution in [1.82, 2.24) is 0 Å². The third kappa shape index (κ3) is 8.92. The molecule has 29 heteroatoms. The van der Waals surface area contributed by atoms with Crippen LogP contribution in [0.4, 0.5) is 119 Å². The maximum absolute atomic E-state index is 13.8. The molecule has 0 aliphatic heterocycles. The molecular weight excluding hydrogens is 812 g/mol. The van der Waals surface area contributed by atoms with Crippen molar-refractivity contribution in [1.29, 1.82) is 0 Å². The van der Waals surface area contributed by atoms with Gasteiger partial charge in [-0.05, 0) is 19.3 Å². The molecule has 50 heavy (non-hydrogen) atoms. The second-order valence-electron chi connectivity index (χ2n) is 10.6. The Hall–Kier alpha value is -1.66. The highest BCUT2D eigenvalue weighted by Gasteiger charge is 2.83. The van der Waals surface area contributed by atoms with Crippen LogP contribution < -0.4 is 0 Å². The lowest BCUT2D eigenvalue weighted by Gasteiger charge is -2.34. The van der Waals surface area contributed by atoms with Crippen molar-refractivity contribution in [2.24, 2.45) is 0 Å². The highest BCUT2D eigenvalue weighted by Crippen LogP contribution is 2.59. The van der Waals surface area contributed by atoms with E-state index in [1.54, 1.807) is 0 Å². The van der Waals surface area contributed by atoms with Crippen molar-refractivity contribution in [3.8, 4) is 0 Å². The van der Waals surface area contributed by atoms with E-state index in [9.17, 15) is 123 Å². The van der Waals surface area contributed by atoms with E-state index in [0.29, 0.717) is 0 Å². The van der Waals surface area contributed by atoms with E-state index < -0.39 is 136 Å². The highest BCUT2D eigenvalue weighted by atomic mass is 31.2. The Bertz CT molecular complexity index is 1030. The van der Waals surface area contributed by atoms with Crippen LogP contribution in [0.1, 0.15) is 38.5 Å². The third-order valence-electron chi connectivity index (χ3n) is 6.80. The normalized spacial score (nSPS) is 16.3. The van der Waals surface area contributed by atoms with E-state index in [0.717, 1.165) is 0 Å². The van der Waals surface area contributed by atoms with Crippen molar-refractivity contribution in [2.75, 3.05) is 18.5 Å². The van der Waals surface area contributed by atoms with Crippen molar-refractivity contribution < 1.29 is 123 Å². The molecule has 0 spiro atoms. The molecule has 302 valence electrons. The van der Waals surface area contributed by atoms with Crippen LogP contribution in [-0.2, 0) is 4.57 Å². The van der Waals surface area contributed by atoms with Gasteiger partial charge in [0, 0.05) is 37.7 Å². The minimum Gasteiger partial charge on any atom is -0.324 e. The molecule has 0 unspecified atom stereocenters. The summed E-state index contributed by atoms with van der Waals surface area (Å²) in [6.07, 6.45) is -43.0. The molecular formula is C21H18F27OP. The van der Waals surface area contributed by atoms with E-state index in [4.69, 9.17) is 0 Å². The minimum absolute atomic E-state index is 1.96. The van der Waals surface area contributed by atoms with Crippen LogP contribution in [0.3, 0.4) is 0 Å². The average Bonchev–Trinajstić information content (AvgIpc) is 2.85. The Kier molecular flexibility index (Phi) is 13.5. The summed E-state index contributed by atoms with van der Waals surface area (Å²) in [5.41, 5.74) is 0. The monoisotopic (exact) mass is 830 g/mol. The Morgan fingerprint density at radius 2 is 0.440 bits per heavy atom. The second-order valence-corrected chi connectivity index (χ2v) is 14.1. The molecule has 0 N–H and O–H groups in total. The summed E-state index contributed by atoms with van der Waals surface area (Å²) in [4.78, 5) is 0. The first-order valence-electron chi connectivity index (χ1n) is 12.5. The fourth-order valence-corrected chi connectivity index (χ4v) is 6.67. The molecule has 0 aliphatic carbocycles. The lowest BCUT2D eigenvalue weighted by molar-refractivity contribution is -0.396. The maximum Gasteiger partial charge on any atom is 0.460 e. The van der Waals surface area contributed by atoms with Crippen LogP contribution in [0.15, 0.2) is 0 Å². The summed E-state index contributed by atoms with van der Waals surface area (Å²) in [5.74, 6) is -64.0. The summed E-state index contributed by atoms with van der Waals surface area (Å²) >= 11 is 0. The number of hydrogen-bond donors (Lipinski definition) is 0. The molecule has 0 bridgehead atoms. The lowest BCUT2D eigenvalue weighted by atomic mass is 10.00. The van der Waals surface area contributed by atoms with Crippen LogP contribution >= 0.6 is 7.14 Å². The van der Waals surface area contributed by atoms with Crippen molar-refractivity contribution in [3.63, 3.8) is 0 Å². The summed E-state index contributed by atoms with van der Waals surface area (Å²) in [6.45, 7) is 0. The molecule has 1 nitrogen and oxygen atoms in total. The average molecular weight is 830 g/mol. The van der Waals surface area contributed by atoms with Gasteiger partial charge in [0.2, 0.25) is 0 Å². The first-order valence-corrected chi connectivity index (χ1v) is 14.8. The number of hydrogen-bond acceptors (Lipinski definition) is 1. The molecule has 0 saturated heterocycles. The zero-order valence-corrected chi connectivity index (χ0v) is 24.3. The summed E-state index contributed by atoms with van der Waals surface area (Å²) in [6, 6.07) is 0. The number of alkyl halides is 27. The molecule has 0 saturated carbocycles. The quantitative estimate of drug-likeness (QED) is 0.0993. The van der Waals surface area contributed by atoms with Crippen LogP contribution in [0.2, 0.25) is 0 Å². The Balaban J connectivity index is 6.35. The van der Waals surface area contributed by atoms with Crippen molar-refractivity contribution >= 4 is 7.14 Å². The van der Waals surface area contributed by atoms with E-state index in [-0.39, 0.29) is 0 Å². The predicted octanol–water partition coefficient (Wildman–Crippen LogP) is 12.1. The van der Waals surface area contributed by atoms with Crippen LogP contribution in [0.5, 0.6) is 0 Å². The van der Waals surface area contributed by atoms with Gasteiger partial charge in [-0.25, -0.2) is 0 Å². The Morgan fingerprint density at radius 1 is 0.280 bits per heavy atom. The molecule has 0 radical (unpaired) electrons. The number of rotatable bonds is 18. The molecule has 0 rings (SSSR count). The SMILES string of the molecule is O=P(CCCC(F)(F)C(F)(F)C(F)(F)C(F)(F)F)(CCCC(F)(F)C(F)(F)C(F)(F)C(F)(F)F)CCCC(F)(F)C(F)(F)C(F)(F)C(F)(F)F. The minimum atomic E-state index is -7.52. The molecule has 0 atom stereocenters. The smallest absolute Gasteiger partial charge is 0.324 e. The van der Waals surface area contributed by atoms with Gasteiger partial charge in [-0.15, -0.1) is 0 Å². The molecule has 0 aromatic heterocycles. The standard InChI is InChI=1S/C21H18F27OP/c22-10(23,13(28,29)16(34,35)19(40,41)42)4-1-7-50(49,8-2-5-11(24,25)14(30,31)17(36,37)20(43,44)45)9-3-6-12(26,27)15(32,33)18(38,39)21(46,47)48/h1-9H2. The largest absolute Gasteiger partial charge is 0.460 e. The van der Waals surface area contributed by atoms with Gasteiger partial charge >= 0.3 is 71.8 Å². The zero-order chi connectivity index (χ0) is 40.9. The summed E-state index contributed by atoms with van der Waals surface area (Å²) < 4.78 is 365. The third-order valence-corrected chi connectivity index (χ3v) is 10.2. The van der Waals surface area contributed by atoms with Gasteiger partial charge in [0.15, 0.2) is 0 Å². The van der Waals surface area contributed by atoms with Gasteiger partial charge in [0.1, 0.15) is 0 Å². The lowest BCUT2D eigenvalue weighted by Crippen LogP contribution is -2.60. The van der Waals surface area contributed by atoms with Gasteiger partial charge in [-0.2, -0.15) is 119 Å². The van der Waals surface area contributed by atoms with E-state index in [2.05, 4.69) is 0 Å². The Labute approximate surface area is 260 Å². The molecule has 0 heterocycles. The van der Waals surface area contributed by atoms with Crippen LogP contribution in [0, 0.1) is 0 Å². The fourth-order valence-electron chi connectivity index (χ4n) is 3.80. The number of halogens is 27. The van der Waals surface area contributed by atoms with Gasteiger partial charge in [-0.3, -0.25) is 0 Å². The first-order chi connectivity index (χ1) is 21.4. The summed E-state index contributed by atoms with van der Waals surface area (Å²) in [7, 11) is -5.32. The topological polar surface area (TPSA) is 17.1 Å². The van der Waals surface area contributed by atoms with Crippen molar-refractivity contribution in [2.45, 2.75) is 110 Å². The van der Waals surface area contributed by atoms with Gasteiger partial charge in [0.25, 0.3) is 0 Å². The van der Waals surface area contributed by atoms with E-state index in [1.165, 1.54) is 0 Å². The predicted molar refractivity (Wildman–Crippen MR) is 113 cm³/mol. The maximum atomic E-state index is 13.8. The van der Waals surface area contributed by atoms with Gasteiger partial charge < -0.3 is 4.57 Å². The highest BCUT2D eigenvalue weighted by molar-refractivity contribution is 7.63. The molecule has 0 fully saturated rings. The molecule has 0 aromatic carbocycles. The van der Waals surface area contributed by atoms with Crippen LogP contribution in [0.25, 0.3) is 0 Å². The van der Waals surface area contributed by atoms with Gasteiger partial charge in [0.05, 0.1) is 7.14 Å². The summed E-state index contributed by atoms with van der Waals surface area (Å²) in [5, 5.41) is 0. The van der Waals surface area contributed by atoms with E-state index in [1.807, 2.05) is 0 Å². The first kappa shape index (κ1) is 48.3. The Morgan fingerprint density at radius 3 is 0.580 bits per heavy atom. The van der Waals surface area contributed by atoms with Gasteiger partial charge in [-0.1, -0.05) is 0 Å². The second kappa shape index (κ2) is 14.0. The molecule has 0 aliphatic rings. The van der Waals surface area contributed by atoms with Crippen molar-refractivity contribution in [3.05, 3.63) is 0 Å². The molecule has 0 amide bonds. The molecule has 0 aromatic rings. The van der Waals surface area contributed by atoms with E-state index >= 15 is 0 Å². The fraction of sp³-hybridized carbons (Fsp3) is 1.00.